The van der Waals surface area contributed by atoms with E-state index in [1.54, 1.807) is 0 Å². The molecular formula is C41H42N4O2+2. The lowest BCUT2D eigenvalue weighted by molar-refractivity contribution is -0.665. The molecular weight excluding hydrogens is 580 g/mol. The molecule has 0 saturated carbocycles. The predicted octanol–water partition coefficient (Wildman–Crippen LogP) is 9.41. The summed E-state index contributed by atoms with van der Waals surface area (Å²) in [7, 11) is 4.11. The Balaban J connectivity index is 1.33. The zero-order valence-electron chi connectivity index (χ0n) is 28.5. The number of hydrogen-bond donors (Lipinski definition) is 0. The molecule has 7 aromatic rings. The molecule has 0 amide bonds. The number of pyridine rings is 1. The second-order valence-electron chi connectivity index (χ2n) is 13.1. The minimum atomic E-state index is 0.350. The van der Waals surface area contributed by atoms with Crippen molar-refractivity contribution in [1.29, 1.82) is 0 Å². The molecule has 0 aliphatic rings. The molecule has 0 radical (unpaired) electrons. The lowest BCUT2D eigenvalue weighted by Gasteiger charge is -2.17. The molecule has 6 heteroatoms. The largest absolute Gasteiger partial charge is 0.455 e. The molecule has 0 aliphatic carbocycles. The van der Waals surface area contributed by atoms with Gasteiger partial charge in [0, 0.05) is 27.5 Å². The van der Waals surface area contributed by atoms with Crippen LogP contribution in [0.15, 0.2) is 102 Å². The standard InChI is InChI=1S/C41H42N4O2/c1-25(2)29-15-11-16-30(26(3)4)39(29)45-41(43(7)24-42-45)31-17-12-20-35(28(31)6)46-37-21-13-18-34(44(37)8)38-27(5)22-23-33-32-14-9-10-19-36(32)47-40(33)38/h9-26H,1-8H3/q+2. The Hall–Kier alpha value is -5.23. The van der Waals surface area contributed by atoms with Gasteiger partial charge in [-0.05, 0) is 66.6 Å². The van der Waals surface area contributed by atoms with Crippen LogP contribution >= 0.6 is 0 Å². The van der Waals surface area contributed by atoms with Crippen molar-refractivity contribution in [3.63, 3.8) is 0 Å². The van der Waals surface area contributed by atoms with E-state index in [-0.39, 0.29) is 0 Å². The van der Waals surface area contributed by atoms with Crippen molar-refractivity contribution in [2.75, 3.05) is 0 Å². The van der Waals surface area contributed by atoms with Crippen molar-refractivity contribution in [2.24, 2.45) is 14.1 Å². The van der Waals surface area contributed by atoms with Crippen molar-refractivity contribution in [3.8, 4) is 40.0 Å². The van der Waals surface area contributed by atoms with Gasteiger partial charge in [-0.3, -0.25) is 0 Å². The summed E-state index contributed by atoms with van der Waals surface area (Å²) in [5, 5.41) is 7.17. The van der Waals surface area contributed by atoms with E-state index in [4.69, 9.17) is 14.3 Å². The number of aryl methyl sites for hydroxylation is 2. The van der Waals surface area contributed by atoms with Crippen LogP contribution < -0.4 is 13.9 Å². The molecule has 0 unspecified atom stereocenters. The quantitative estimate of drug-likeness (QED) is 0.166. The van der Waals surface area contributed by atoms with E-state index in [0.717, 1.165) is 73.0 Å². The number of nitrogens with zero attached hydrogens (tertiary/aromatic N) is 4. The van der Waals surface area contributed by atoms with E-state index in [9.17, 15) is 0 Å². The lowest BCUT2D eigenvalue weighted by Crippen LogP contribution is -2.33. The van der Waals surface area contributed by atoms with E-state index in [0.29, 0.717) is 11.8 Å². The minimum Gasteiger partial charge on any atom is -0.455 e. The molecule has 0 aliphatic heterocycles. The second-order valence-corrected chi connectivity index (χ2v) is 13.1. The van der Waals surface area contributed by atoms with Gasteiger partial charge in [0.1, 0.15) is 29.7 Å². The monoisotopic (exact) mass is 622 g/mol. The number of benzene rings is 4. The van der Waals surface area contributed by atoms with Gasteiger partial charge in [0.2, 0.25) is 5.69 Å². The van der Waals surface area contributed by atoms with Gasteiger partial charge in [0.15, 0.2) is 0 Å². The molecule has 3 aromatic heterocycles. The SMILES string of the molecule is Cc1ccc2c(oc3ccccc32)c1-c1cccc(Oc2cccc(-c3n(-c4c(C(C)C)cccc4C(C)C)nc[n+]3C)c2C)[n+]1C. The zero-order chi connectivity index (χ0) is 33.0. The number of rotatable bonds is 7. The number of furan rings is 1. The van der Waals surface area contributed by atoms with E-state index in [1.807, 2.05) is 30.6 Å². The van der Waals surface area contributed by atoms with Crippen LogP contribution in [0.25, 0.3) is 50.3 Å². The predicted molar refractivity (Wildman–Crippen MR) is 188 cm³/mol. The highest BCUT2D eigenvalue weighted by Crippen LogP contribution is 2.39. The number of ether oxygens (including phenoxy) is 1. The smallest absolute Gasteiger partial charge is 0.373 e. The van der Waals surface area contributed by atoms with E-state index in [1.165, 1.54) is 11.1 Å². The topological polar surface area (TPSA) is 48.0 Å². The zero-order valence-corrected chi connectivity index (χ0v) is 28.5. The summed E-state index contributed by atoms with van der Waals surface area (Å²) >= 11 is 0. The fourth-order valence-electron chi connectivity index (χ4n) is 6.81. The highest BCUT2D eigenvalue weighted by Gasteiger charge is 2.29. The molecule has 0 fully saturated rings. The van der Waals surface area contributed by atoms with Crippen molar-refractivity contribution < 1.29 is 18.3 Å². The van der Waals surface area contributed by atoms with Gasteiger partial charge in [-0.1, -0.05) is 87.0 Å². The van der Waals surface area contributed by atoms with Crippen molar-refractivity contribution in [2.45, 2.75) is 53.4 Å². The molecule has 0 saturated heterocycles. The van der Waals surface area contributed by atoms with Gasteiger partial charge < -0.3 is 9.15 Å². The number of aromatic nitrogens is 4. The molecule has 0 spiro atoms. The molecule has 7 rings (SSSR count). The average molecular weight is 623 g/mol. The molecule has 0 bridgehead atoms. The summed E-state index contributed by atoms with van der Waals surface area (Å²) in [6.45, 7) is 13.2. The van der Waals surface area contributed by atoms with Crippen LogP contribution in [0.5, 0.6) is 11.6 Å². The molecule has 47 heavy (non-hydrogen) atoms. The third-order valence-electron chi connectivity index (χ3n) is 9.37. The summed E-state index contributed by atoms with van der Waals surface area (Å²) in [4.78, 5) is 0. The fraction of sp³-hybridized carbons (Fsp3) is 0.244. The van der Waals surface area contributed by atoms with E-state index in [2.05, 4.69) is 136 Å². The maximum atomic E-state index is 6.75. The van der Waals surface area contributed by atoms with E-state index >= 15 is 0 Å². The average Bonchev–Trinajstić information content (AvgIpc) is 3.62. The molecule has 3 heterocycles. The summed E-state index contributed by atoms with van der Waals surface area (Å²) < 4.78 is 19.5. The fourth-order valence-corrected chi connectivity index (χ4v) is 6.81. The van der Waals surface area contributed by atoms with Crippen LogP contribution in [0.2, 0.25) is 0 Å². The van der Waals surface area contributed by atoms with Crippen molar-refractivity contribution in [3.05, 3.63) is 120 Å². The molecule has 6 nitrogen and oxygen atoms in total. The van der Waals surface area contributed by atoms with Gasteiger partial charge in [0.25, 0.3) is 12.2 Å². The van der Waals surface area contributed by atoms with Gasteiger partial charge in [-0.25, -0.2) is 4.57 Å². The first-order chi connectivity index (χ1) is 22.7. The summed E-state index contributed by atoms with van der Waals surface area (Å²) in [5.41, 5.74) is 10.8. The van der Waals surface area contributed by atoms with Crippen LogP contribution in [0.4, 0.5) is 0 Å². The Labute approximate surface area is 276 Å². The number of para-hydroxylation sites is 2. The van der Waals surface area contributed by atoms with Gasteiger partial charge in [-0.2, -0.15) is 4.57 Å². The molecule has 0 N–H and O–H groups in total. The maximum absolute atomic E-state index is 6.75. The first-order valence-corrected chi connectivity index (χ1v) is 16.4. The van der Waals surface area contributed by atoms with Crippen LogP contribution in [0, 0.1) is 13.8 Å². The van der Waals surface area contributed by atoms with Crippen LogP contribution in [-0.4, -0.2) is 9.78 Å². The summed E-state index contributed by atoms with van der Waals surface area (Å²) in [5.74, 6) is 3.24. The third-order valence-corrected chi connectivity index (χ3v) is 9.37. The number of hydrogen-bond acceptors (Lipinski definition) is 3. The minimum absolute atomic E-state index is 0.350. The molecule has 236 valence electrons. The highest BCUT2D eigenvalue weighted by molar-refractivity contribution is 6.09. The van der Waals surface area contributed by atoms with Crippen molar-refractivity contribution >= 4 is 21.9 Å². The lowest BCUT2D eigenvalue weighted by atomic mass is 9.92. The van der Waals surface area contributed by atoms with Crippen LogP contribution in [-0.2, 0) is 14.1 Å². The van der Waals surface area contributed by atoms with Gasteiger partial charge in [0.05, 0.1) is 24.2 Å². The summed E-state index contributed by atoms with van der Waals surface area (Å²) in [6, 6.07) is 31.6. The van der Waals surface area contributed by atoms with Gasteiger partial charge >= 0.3 is 5.88 Å². The molecule has 4 aromatic carbocycles. The first-order valence-electron chi connectivity index (χ1n) is 16.4. The van der Waals surface area contributed by atoms with Gasteiger partial charge in [-0.15, -0.1) is 0 Å². The first kappa shape index (κ1) is 30.4. The second kappa shape index (κ2) is 11.8. The Morgan fingerprint density at radius 3 is 2.19 bits per heavy atom. The third kappa shape index (κ3) is 5.09. The Bertz CT molecular complexity index is 2260. The van der Waals surface area contributed by atoms with E-state index < -0.39 is 0 Å². The van der Waals surface area contributed by atoms with Crippen LogP contribution in [0.3, 0.4) is 0 Å². The normalized spacial score (nSPS) is 11.8. The van der Waals surface area contributed by atoms with Crippen LogP contribution in [0.1, 0.15) is 61.8 Å². The molecule has 0 atom stereocenters. The maximum Gasteiger partial charge on any atom is 0.373 e. The Morgan fingerprint density at radius 2 is 1.45 bits per heavy atom. The Morgan fingerprint density at radius 1 is 0.745 bits per heavy atom. The van der Waals surface area contributed by atoms with Crippen molar-refractivity contribution in [1.82, 2.24) is 9.78 Å². The Kier molecular flexibility index (Phi) is 7.67. The summed E-state index contributed by atoms with van der Waals surface area (Å²) in [6.07, 6.45) is 1.90. The number of fused-ring (bicyclic) bond motifs is 3. The highest BCUT2D eigenvalue weighted by atomic mass is 16.5.